The topological polar surface area (TPSA) is 59.0 Å². The first-order chi connectivity index (χ1) is 11.1. The molecular formula is C16H13ClN4OS. The van der Waals surface area contributed by atoms with E-state index >= 15 is 0 Å². The van der Waals surface area contributed by atoms with Gasteiger partial charge in [-0.25, -0.2) is 4.98 Å². The summed E-state index contributed by atoms with van der Waals surface area (Å²) in [7, 11) is 1.69. The van der Waals surface area contributed by atoms with Gasteiger partial charge in [-0.05, 0) is 31.2 Å². The molecule has 3 rings (SSSR count). The lowest BCUT2D eigenvalue weighted by molar-refractivity contribution is 0.0993. The van der Waals surface area contributed by atoms with Crippen LogP contribution in [-0.2, 0) is 0 Å². The number of anilines is 1. The molecule has 0 spiro atoms. The number of pyridine rings is 2. The summed E-state index contributed by atoms with van der Waals surface area (Å²) in [6.45, 7) is 1.84. The Morgan fingerprint density at radius 2 is 2.13 bits per heavy atom. The summed E-state index contributed by atoms with van der Waals surface area (Å²) in [6, 6.07) is 7.16. The minimum atomic E-state index is -0.154. The number of aryl methyl sites for hydroxylation is 1. The van der Waals surface area contributed by atoms with Crippen molar-refractivity contribution in [1.29, 1.82) is 0 Å². The molecule has 5 nitrogen and oxygen atoms in total. The Kier molecular flexibility index (Phi) is 4.36. The Morgan fingerprint density at radius 3 is 2.83 bits per heavy atom. The third kappa shape index (κ3) is 3.23. The molecule has 0 fully saturated rings. The molecule has 0 saturated heterocycles. The number of rotatable bonds is 3. The number of hydrogen-bond donors (Lipinski definition) is 0. The highest BCUT2D eigenvalue weighted by Gasteiger charge is 2.20. The number of halogens is 1. The molecule has 1 amide bonds. The van der Waals surface area contributed by atoms with E-state index in [1.54, 1.807) is 37.8 Å². The van der Waals surface area contributed by atoms with Gasteiger partial charge in [-0.15, -0.1) is 0 Å². The van der Waals surface area contributed by atoms with Crippen LogP contribution < -0.4 is 4.90 Å². The molecule has 0 aromatic carbocycles. The standard InChI is InChI=1S/C16H13ClN4OS/c1-10-8-11(5-7-19-10)15(22)21(2)16-13(17)20-14(23-16)12-4-3-6-18-9-12/h3-9H,1-2H3. The zero-order valence-corrected chi connectivity index (χ0v) is 14.1. The Balaban J connectivity index is 1.92. The number of carbonyl (C=O) groups excluding carboxylic acids is 1. The van der Waals surface area contributed by atoms with E-state index in [9.17, 15) is 4.79 Å². The van der Waals surface area contributed by atoms with Gasteiger partial charge in [0.1, 0.15) is 10.0 Å². The Morgan fingerprint density at radius 1 is 1.30 bits per heavy atom. The zero-order valence-electron chi connectivity index (χ0n) is 12.5. The van der Waals surface area contributed by atoms with Crippen LogP contribution in [0.3, 0.4) is 0 Å². The number of nitrogens with zero attached hydrogens (tertiary/aromatic N) is 4. The average Bonchev–Trinajstić information content (AvgIpc) is 2.96. The number of carbonyl (C=O) groups is 1. The van der Waals surface area contributed by atoms with Crippen molar-refractivity contribution in [2.75, 3.05) is 11.9 Å². The van der Waals surface area contributed by atoms with Crippen molar-refractivity contribution in [3.05, 3.63) is 59.3 Å². The third-order valence-electron chi connectivity index (χ3n) is 3.23. The Hall–Kier alpha value is -2.31. The fraction of sp³-hybridized carbons (Fsp3) is 0.125. The third-order valence-corrected chi connectivity index (χ3v) is 4.79. The minimum Gasteiger partial charge on any atom is -0.300 e. The molecule has 0 aliphatic carbocycles. The predicted octanol–water partition coefficient (Wildman–Crippen LogP) is 3.84. The maximum Gasteiger partial charge on any atom is 0.258 e. The molecule has 0 bridgehead atoms. The van der Waals surface area contributed by atoms with Gasteiger partial charge in [-0.3, -0.25) is 14.8 Å². The predicted molar refractivity (Wildman–Crippen MR) is 92.1 cm³/mol. The van der Waals surface area contributed by atoms with Crippen LogP contribution in [0.15, 0.2) is 42.9 Å². The van der Waals surface area contributed by atoms with E-state index in [0.29, 0.717) is 15.7 Å². The van der Waals surface area contributed by atoms with E-state index in [4.69, 9.17) is 11.6 Å². The molecule has 7 heteroatoms. The highest BCUT2D eigenvalue weighted by molar-refractivity contribution is 7.19. The first-order valence-electron chi connectivity index (χ1n) is 6.83. The number of aromatic nitrogens is 3. The van der Waals surface area contributed by atoms with E-state index in [-0.39, 0.29) is 5.91 Å². The number of hydrogen-bond acceptors (Lipinski definition) is 5. The molecule has 0 N–H and O–H groups in total. The average molecular weight is 345 g/mol. The van der Waals surface area contributed by atoms with Gasteiger partial charge < -0.3 is 4.90 Å². The summed E-state index contributed by atoms with van der Waals surface area (Å²) in [5, 5.41) is 1.63. The van der Waals surface area contributed by atoms with Crippen molar-refractivity contribution in [3.63, 3.8) is 0 Å². The normalized spacial score (nSPS) is 10.6. The van der Waals surface area contributed by atoms with E-state index in [1.165, 1.54) is 16.2 Å². The van der Waals surface area contributed by atoms with Crippen molar-refractivity contribution in [1.82, 2.24) is 15.0 Å². The van der Waals surface area contributed by atoms with E-state index < -0.39 is 0 Å². The monoisotopic (exact) mass is 344 g/mol. The summed E-state index contributed by atoms with van der Waals surface area (Å²) < 4.78 is 0. The minimum absolute atomic E-state index is 0.154. The van der Waals surface area contributed by atoms with Crippen LogP contribution in [0.25, 0.3) is 10.6 Å². The van der Waals surface area contributed by atoms with Gasteiger partial charge in [0.15, 0.2) is 5.15 Å². The zero-order chi connectivity index (χ0) is 16.4. The molecule has 0 saturated carbocycles. The molecule has 0 aliphatic rings. The second-order valence-electron chi connectivity index (χ2n) is 4.91. The van der Waals surface area contributed by atoms with Gasteiger partial charge in [0, 0.05) is 42.5 Å². The summed E-state index contributed by atoms with van der Waals surface area (Å²) in [6.07, 6.45) is 5.03. The fourth-order valence-corrected chi connectivity index (χ4v) is 3.36. The van der Waals surface area contributed by atoms with Gasteiger partial charge in [0.2, 0.25) is 0 Å². The summed E-state index contributed by atoms with van der Waals surface area (Å²) >= 11 is 7.58. The maximum atomic E-state index is 12.6. The molecule has 0 atom stereocenters. The molecule has 0 aliphatic heterocycles. The van der Waals surface area contributed by atoms with Gasteiger partial charge >= 0.3 is 0 Å². The largest absolute Gasteiger partial charge is 0.300 e. The van der Waals surface area contributed by atoms with Crippen LogP contribution in [0.1, 0.15) is 16.1 Å². The molecule has 116 valence electrons. The van der Waals surface area contributed by atoms with Crippen LogP contribution in [-0.4, -0.2) is 27.9 Å². The van der Waals surface area contributed by atoms with Crippen molar-refractivity contribution < 1.29 is 4.79 Å². The number of thiazole rings is 1. The van der Waals surface area contributed by atoms with Crippen molar-refractivity contribution in [2.24, 2.45) is 0 Å². The van der Waals surface area contributed by atoms with Crippen LogP contribution in [0.5, 0.6) is 0 Å². The number of amides is 1. The van der Waals surface area contributed by atoms with Crippen molar-refractivity contribution >= 4 is 33.8 Å². The van der Waals surface area contributed by atoms with E-state index in [2.05, 4.69) is 15.0 Å². The molecule has 23 heavy (non-hydrogen) atoms. The first kappa shape index (κ1) is 15.6. The highest BCUT2D eigenvalue weighted by Crippen LogP contribution is 2.37. The second kappa shape index (κ2) is 6.44. The van der Waals surface area contributed by atoms with Crippen molar-refractivity contribution in [2.45, 2.75) is 6.92 Å². The summed E-state index contributed by atoms with van der Waals surface area (Å²) in [5.41, 5.74) is 2.22. The van der Waals surface area contributed by atoms with Gasteiger partial charge in [0.05, 0.1) is 0 Å². The molecule has 3 heterocycles. The van der Waals surface area contributed by atoms with Gasteiger partial charge in [0.25, 0.3) is 5.91 Å². The lowest BCUT2D eigenvalue weighted by atomic mass is 10.2. The molecule has 3 aromatic rings. The summed E-state index contributed by atoms with van der Waals surface area (Å²) in [4.78, 5) is 26.6. The van der Waals surface area contributed by atoms with Crippen molar-refractivity contribution in [3.8, 4) is 10.6 Å². The van der Waals surface area contributed by atoms with Gasteiger partial charge in [-0.1, -0.05) is 22.9 Å². The molecular weight excluding hydrogens is 332 g/mol. The van der Waals surface area contributed by atoms with Crippen LogP contribution in [0.4, 0.5) is 5.00 Å². The van der Waals surface area contributed by atoms with Crippen LogP contribution in [0, 0.1) is 6.92 Å². The highest BCUT2D eigenvalue weighted by atomic mass is 35.5. The smallest absolute Gasteiger partial charge is 0.258 e. The van der Waals surface area contributed by atoms with E-state index in [0.717, 1.165) is 16.3 Å². The fourth-order valence-electron chi connectivity index (χ4n) is 2.08. The Bertz CT molecular complexity index is 850. The molecule has 3 aromatic heterocycles. The lowest BCUT2D eigenvalue weighted by Gasteiger charge is -2.15. The first-order valence-corrected chi connectivity index (χ1v) is 8.03. The molecule has 0 unspecified atom stereocenters. The quantitative estimate of drug-likeness (QED) is 0.724. The van der Waals surface area contributed by atoms with Crippen LogP contribution in [0.2, 0.25) is 5.15 Å². The summed E-state index contributed by atoms with van der Waals surface area (Å²) in [5.74, 6) is -0.154. The molecule has 0 radical (unpaired) electrons. The van der Waals surface area contributed by atoms with E-state index in [1.807, 2.05) is 19.1 Å². The maximum absolute atomic E-state index is 12.6. The van der Waals surface area contributed by atoms with Gasteiger partial charge in [-0.2, -0.15) is 0 Å². The Labute approximate surface area is 142 Å². The second-order valence-corrected chi connectivity index (χ2v) is 6.24. The SMILES string of the molecule is Cc1cc(C(=O)N(C)c2sc(-c3cccnc3)nc2Cl)ccn1. The lowest BCUT2D eigenvalue weighted by Crippen LogP contribution is -2.25. The van der Waals surface area contributed by atoms with Crippen LogP contribution >= 0.6 is 22.9 Å².